The highest BCUT2D eigenvalue weighted by atomic mass is 16.2. The molecule has 1 atom stereocenters. The molecule has 0 saturated carbocycles. The molecule has 0 bridgehead atoms. The van der Waals surface area contributed by atoms with Crippen LogP contribution in [0.25, 0.3) is 10.9 Å². The number of nitrogens with zero attached hydrogens (tertiary/aromatic N) is 3. The van der Waals surface area contributed by atoms with Crippen LogP contribution in [0.3, 0.4) is 0 Å². The molecule has 2 heterocycles. The van der Waals surface area contributed by atoms with Gasteiger partial charge in [-0.05, 0) is 36.6 Å². The zero-order valence-corrected chi connectivity index (χ0v) is 19.1. The van der Waals surface area contributed by atoms with E-state index in [0.29, 0.717) is 29.7 Å². The third kappa shape index (κ3) is 4.03. The Morgan fingerprint density at radius 2 is 1.97 bits per heavy atom. The van der Waals surface area contributed by atoms with Gasteiger partial charge in [0.25, 0.3) is 0 Å². The molecule has 32 heavy (non-hydrogen) atoms. The molecule has 1 aliphatic rings. The van der Waals surface area contributed by atoms with Crippen LogP contribution in [0.5, 0.6) is 0 Å². The summed E-state index contributed by atoms with van der Waals surface area (Å²) >= 11 is 0. The predicted molar refractivity (Wildman–Crippen MR) is 133 cm³/mol. The summed E-state index contributed by atoms with van der Waals surface area (Å²) in [4.78, 5) is 23.4. The Labute approximate surface area is 193 Å². The highest BCUT2D eigenvalue weighted by Gasteiger charge is 2.24. The number of nitrogens with one attached hydrogen (secondary N) is 1. The minimum absolute atomic E-state index is 0.113. The van der Waals surface area contributed by atoms with Crippen molar-refractivity contribution in [2.45, 2.75) is 51.3 Å². The van der Waals surface area contributed by atoms with Crippen LogP contribution < -0.4 is 15.7 Å². The molecular formula is C24H25B3N4O. The molecule has 0 unspecified atom stereocenters. The van der Waals surface area contributed by atoms with Crippen LogP contribution in [0.2, 0.25) is 0 Å². The fourth-order valence-corrected chi connectivity index (χ4v) is 4.29. The third-order valence-electron chi connectivity index (χ3n) is 6.14. The largest absolute Gasteiger partial charge is 0.363 e. The minimum atomic E-state index is -1.03. The normalized spacial score (nSPS) is 15.0. The first-order chi connectivity index (χ1) is 15.1. The maximum Gasteiger partial charge on any atom is 0.227 e. The van der Waals surface area contributed by atoms with Crippen molar-refractivity contribution in [1.82, 2.24) is 9.97 Å². The van der Waals surface area contributed by atoms with E-state index in [9.17, 15) is 4.79 Å². The Morgan fingerprint density at radius 1 is 1.22 bits per heavy atom. The van der Waals surface area contributed by atoms with Crippen LogP contribution in [-0.2, 0) is 22.8 Å². The van der Waals surface area contributed by atoms with Crippen molar-refractivity contribution >= 4 is 57.3 Å². The first-order valence-corrected chi connectivity index (χ1v) is 10.9. The zero-order valence-electron chi connectivity index (χ0n) is 19.1. The number of fused-ring (bicyclic) bond motifs is 2. The summed E-state index contributed by atoms with van der Waals surface area (Å²) in [6.07, 6.45) is 1.95. The second-order valence-electron chi connectivity index (χ2n) is 8.75. The van der Waals surface area contributed by atoms with Gasteiger partial charge in [0.05, 0.1) is 21.2 Å². The second-order valence-corrected chi connectivity index (χ2v) is 8.75. The Balaban J connectivity index is 1.80. The van der Waals surface area contributed by atoms with E-state index < -0.39 is 5.21 Å². The maximum atomic E-state index is 12.2. The maximum absolute atomic E-state index is 12.2. The summed E-state index contributed by atoms with van der Waals surface area (Å²) in [7, 11) is 20.5. The highest BCUT2D eigenvalue weighted by molar-refractivity contribution is 6.43. The summed E-state index contributed by atoms with van der Waals surface area (Å²) in [6, 6.07) is 9.64. The van der Waals surface area contributed by atoms with Gasteiger partial charge in [-0.2, -0.15) is 0 Å². The third-order valence-corrected chi connectivity index (χ3v) is 6.14. The first-order valence-electron chi connectivity index (χ1n) is 10.9. The van der Waals surface area contributed by atoms with Gasteiger partial charge in [0.1, 0.15) is 19.5 Å². The van der Waals surface area contributed by atoms with Gasteiger partial charge in [-0.3, -0.25) is 4.79 Å². The summed E-state index contributed by atoms with van der Waals surface area (Å²) < 4.78 is 0. The number of carbonyl (C=O) groups is 1. The number of aryl methyl sites for hydroxylation is 2. The van der Waals surface area contributed by atoms with Gasteiger partial charge in [-0.15, -0.1) is 0 Å². The predicted octanol–water partition coefficient (Wildman–Crippen LogP) is 2.58. The summed E-state index contributed by atoms with van der Waals surface area (Å²) in [5.41, 5.74) is 5.05. The van der Waals surface area contributed by atoms with Gasteiger partial charge in [0.15, 0.2) is 0 Å². The van der Waals surface area contributed by atoms with Gasteiger partial charge < -0.3 is 10.2 Å². The Kier molecular flexibility index (Phi) is 5.82. The molecule has 1 N–H and O–H groups in total. The lowest BCUT2D eigenvalue weighted by molar-refractivity contribution is -0.118. The molecule has 4 rings (SSSR count). The molecule has 1 aromatic heterocycles. The molecule has 0 spiro atoms. The number of aromatic nitrogens is 2. The molecule has 3 aromatic rings. The number of hydrogen-bond acceptors (Lipinski definition) is 4. The van der Waals surface area contributed by atoms with Crippen LogP contribution in [0.1, 0.15) is 55.7 Å². The molecule has 156 valence electrons. The molecule has 8 heteroatoms. The molecular weight excluding hydrogens is 393 g/mol. The number of benzene rings is 2. The minimum Gasteiger partial charge on any atom is -0.363 e. The Bertz CT molecular complexity index is 1210. The summed E-state index contributed by atoms with van der Waals surface area (Å²) in [5, 5.41) is 3.34. The van der Waals surface area contributed by atoms with E-state index in [2.05, 4.69) is 11.4 Å². The molecule has 0 saturated heterocycles. The smallest absolute Gasteiger partial charge is 0.227 e. The molecule has 2 aromatic carbocycles. The van der Waals surface area contributed by atoms with E-state index in [1.54, 1.807) is 11.8 Å². The fourth-order valence-electron chi connectivity index (χ4n) is 4.29. The zero-order chi connectivity index (χ0) is 23.2. The lowest BCUT2D eigenvalue weighted by Gasteiger charge is -2.28. The van der Waals surface area contributed by atoms with Crippen molar-refractivity contribution in [2.24, 2.45) is 0 Å². The van der Waals surface area contributed by atoms with Gasteiger partial charge in [-0.1, -0.05) is 48.3 Å². The number of anilines is 2. The van der Waals surface area contributed by atoms with Crippen molar-refractivity contribution in [3.63, 3.8) is 0 Å². The molecule has 5 nitrogen and oxygen atoms in total. The Morgan fingerprint density at radius 3 is 2.66 bits per heavy atom. The quantitative estimate of drug-likeness (QED) is 0.648. The molecule has 1 amide bonds. The van der Waals surface area contributed by atoms with Crippen LogP contribution in [-0.4, -0.2) is 46.5 Å². The van der Waals surface area contributed by atoms with Gasteiger partial charge >= 0.3 is 0 Å². The van der Waals surface area contributed by atoms with Crippen molar-refractivity contribution in [3.05, 3.63) is 52.8 Å². The summed E-state index contributed by atoms with van der Waals surface area (Å²) in [5.74, 6) is 1.58. The fraction of sp³-hybridized carbons (Fsp3) is 0.375. The van der Waals surface area contributed by atoms with Crippen LogP contribution >= 0.6 is 0 Å². The SMILES string of the molecule is [B]c1c([C@@H](C)Nc2nc(CC)nc3cc4c(cc23)N(C)C(=O)CC4)cccc1C([B])([B])C. The Hall–Kier alpha value is -2.76. The molecule has 0 fully saturated rings. The van der Waals surface area contributed by atoms with E-state index in [4.69, 9.17) is 33.5 Å². The van der Waals surface area contributed by atoms with Crippen molar-refractivity contribution in [1.29, 1.82) is 0 Å². The average molecular weight is 418 g/mol. The van der Waals surface area contributed by atoms with Crippen molar-refractivity contribution in [3.8, 4) is 0 Å². The van der Waals surface area contributed by atoms with Crippen LogP contribution in [0.15, 0.2) is 30.3 Å². The van der Waals surface area contributed by atoms with Gasteiger partial charge in [0.2, 0.25) is 5.91 Å². The van der Waals surface area contributed by atoms with E-state index in [1.807, 2.05) is 45.2 Å². The van der Waals surface area contributed by atoms with E-state index in [-0.39, 0.29) is 11.9 Å². The van der Waals surface area contributed by atoms with Crippen LogP contribution in [0.4, 0.5) is 11.5 Å². The monoisotopic (exact) mass is 418 g/mol. The highest BCUT2D eigenvalue weighted by Crippen LogP contribution is 2.34. The van der Waals surface area contributed by atoms with Crippen LogP contribution in [0, 0.1) is 0 Å². The lowest BCUT2D eigenvalue weighted by Crippen LogP contribution is -2.33. The van der Waals surface area contributed by atoms with E-state index in [0.717, 1.165) is 40.0 Å². The first kappa shape index (κ1) is 22.4. The van der Waals surface area contributed by atoms with E-state index >= 15 is 0 Å². The number of rotatable bonds is 5. The van der Waals surface area contributed by atoms with Crippen molar-refractivity contribution < 1.29 is 4.79 Å². The molecule has 6 radical (unpaired) electrons. The molecule has 0 aliphatic carbocycles. The topological polar surface area (TPSA) is 58.1 Å². The van der Waals surface area contributed by atoms with Gasteiger partial charge in [-0.25, -0.2) is 9.97 Å². The average Bonchev–Trinajstić information content (AvgIpc) is 2.74. The number of amides is 1. The standard InChI is InChI=1S/C24H25B3N4O/c1-5-20-29-18-11-14-9-10-21(32)31(4)19(14)12-16(18)23(30-20)28-13(2)15-7-6-8-17(22(15)25)24(3,26)27/h6-8,11-13H,5,9-10H2,1-4H3,(H,28,29,30)/t13-/m1/s1. The second kappa shape index (κ2) is 8.30. The summed E-state index contributed by atoms with van der Waals surface area (Å²) in [6.45, 7) is 5.78. The lowest BCUT2D eigenvalue weighted by atomic mass is 9.50. The van der Waals surface area contributed by atoms with E-state index in [1.165, 1.54) is 0 Å². The number of hydrogen-bond donors (Lipinski definition) is 1. The molecule has 1 aliphatic heterocycles. The number of carbonyl (C=O) groups excluding carboxylic acids is 1. The van der Waals surface area contributed by atoms with Crippen molar-refractivity contribution in [2.75, 3.05) is 17.3 Å². The van der Waals surface area contributed by atoms with Gasteiger partial charge in [0, 0.05) is 37.0 Å².